The Bertz CT molecular complexity index is 402. The van der Waals surface area contributed by atoms with E-state index in [2.05, 4.69) is 34.6 Å². The van der Waals surface area contributed by atoms with Gasteiger partial charge in [0, 0.05) is 25.8 Å². The fourth-order valence-corrected chi connectivity index (χ4v) is 2.88. The zero-order valence-corrected chi connectivity index (χ0v) is 11.8. The van der Waals surface area contributed by atoms with Crippen LogP contribution in [0.1, 0.15) is 36.7 Å². The van der Waals surface area contributed by atoms with Gasteiger partial charge >= 0.3 is 0 Å². The molecule has 1 aromatic heterocycles. The summed E-state index contributed by atoms with van der Waals surface area (Å²) in [4.78, 5) is 14.2. The molecule has 1 amide bonds. The van der Waals surface area contributed by atoms with Crippen molar-refractivity contribution in [2.24, 2.45) is 7.05 Å². The average Bonchev–Trinajstić information content (AvgIpc) is 2.58. The zero-order valence-electron chi connectivity index (χ0n) is 9.61. The van der Waals surface area contributed by atoms with Crippen LogP contribution in [-0.2, 0) is 7.05 Å². The standard InChI is InChI=1S/C11H16IN3O/c1-8-5-3-4-6-15(8)11(16)10-9(12)7-14(2)13-10/h7-8H,3-6H2,1-2H3/t8-/m1/s1. The minimum absolute atomic E-state index is 0.0807. The first-order chi connectivity index (χ1) is 7.59. The molecule has 1 aromatic rings. The van der Waals surface area contributed by atoms with Crippen LogP contribution in [0.15, 0.2) is 6.20 Å². The van der Waals surface area contributed by atoms with E-state index in [-0.39, 0.29) is 5.91 Å². The maximum absolute atomic E-state index is 12.3. The topological polar surface area (TPSA) is 38.1 Å². The summed E-state index contributed by atoms with van der Waals surface area (Å²) in [5.41, 5.74) is 0.594. The number of aryl methyl sites for hydroxylation is 1. The molecular weight excluding hydrogens is 317 g/mol. The summed E-state index contributed by atoms with van der Waals surface area (Å²) in [6.45, 7) is 2.99. The number of aromatic nitrogens is 2. The first-order valence-electron chi connectivity index (χ1n) is 5.59. The summed E-state index contributed by atoms with van der Waals surface area (Å²) in [6, 6.07) is 0.346. The Balaban J connectivity index is 2.21. The molecule has 2 heterocycles. The number of halogens is 1. The van der Waals surface area contributed by atoms with Gasteiger partial charge in [0.05, 0.1) is 3.57 Å². The number of piperidine rings is 1. The molecule has 1 saturated heterocycles. The van der Waals surface area contributed by atoms with E-state index in [9.17, 15) is 4.79 Å². The van der Waals surface area contributed by atoms with E-state index in [1.807, 2.05) is 18.1 Å². The van der Waals surface area contributed by atoms with E-state index in [0.29, 0.717) is 11.7 Å². The van der Waals surface area contributed by atoms with Gasteiger partial charge in [0.2, 0.25) is 0 Å². The summed E-state index contributed by atoms with van der Waals surface area (Å²) in [6.07, 6.45) is 5.32. The van der Waals surface area contributed by atoms with Crippen LogP contribution in [0.4, 0.5) is 0 Å². The third kappa shape index (κ3) is 2.23. The molecule has 1 aliphatic heterocycles. The molecule has 4 nitrogen and oxygen atoms in total. The number of carbonyl (C=O) groups is 1. The molecule has 0 N–H and O–H groups in total. The minimum atomic E-state index is 0.0807. The van der Waals surface area contributed by atoms with Crippen molar-refractivity contribution in [3.63, 3.8) is 0 Å². The smallest absolute Gasteiger partial charge is 0.275 e. The van der Waals surface area contributed by atoms with E-state index in [0.717, 1.165) is 23.0 Å². The third-order valence-electron chi connectivity index (χ3n) is 3.05. The molecule has 16 heavy (non-hydrogen) atoms. The van der Waals surface area contributed by atoms with E-state index >= 15 is 0 Å². The summed E-state index contributed by atoms with van der Waals surface area (Å²) in [7, 11) is 1.85. The number of hydrogen-bond acceptors (Lipinski definition) is 2. The lowest BCUT2D eigenvalue weighted by Crippen LogP contribution is -2.42. The van der Waals surface area contributed by atoms with Crippen molar-refractivity contribution in [2.45, 2.75) is 32.2 Å². The van der Waals surface area contributed by atoms with E-state index < -0.39 is 0 Å². The predicted molar refractivity (Wildman–Crippen MR) is 70.3 cm³/mol. The highest BCUT2D eigenvalue weighted by Gasteiger charge is 2.27. The van der Waals surface area contributed by atoms with Gasteiger partial charge in [0.1, 0.15) is 0 Å². The Morgan fingerprint density at radius 2 is 2.31 bits per heavy atom. The van der Waals surface area contributed by atoms with Crippen molar-refractivity contribution in [3.8, 4) is 0 Å². The van der Waals surface area contributed by atoms with Crippen LogP contribution in [0.5, 0.6) is 0 Å². The molecule has 0 aromatic carbocycles. The maximum atomic E-state index is 12.3. The number of amides is 1. The molecule has 1 aliphatic rings. The average molecular weight is 333 g/mol. The van der Waals surface area contributed by atoms with Gasteiger partial charge in [0.15, 0.2) is 5.69 Å². The number of hydrogen-bond donors (Lipinski definition) is 0. The van der Waals surface area contributed by atoms with Crippen LogP contribution in [-0.4, -0.2) is 33.2 Å². The molecule has 1 fully saturated rings. The molecule has 5 heteroatoms. The fourth-order valence-electron chi connectivity index (χ4n) is 2.14. The largest absolute Gasteiger partial charge is 0.335 e. The first-order valence-corrected chi connectivity index (χ1v) is 6.67. The van der Waals surface area contributed by atoms with Crippen LogP contribution < -0.4 is 0 Å². The Morgan fingerprint density at radius 1 is 1.56 bits per heavy atom. The van der Waals surface area contributed by atoms with Crippen molar-refractivity contribution in [2.75, 3.05) is 6.54 Å². The van der Waals surface area contributed by atoms with Crippen molar-refractivity contribution in [1.29, 1.82) is 0 Å². The van der Waals surface area contributed by atoms with Crippen molar-refractivity contribution < 1.29 is 4.79 Å². The predicted octanol–water partition coefficient (Wildman–Crippen LogP) is 2.04. The molecule has 0 radical (unpaired) electrons. The summed E-state index contributed by atoms with van der Waals surface area (Å²) >= 11 is 2.17. The van der Waals surface area contributed by atoms with Crippen molar-refractivity contribution >= 4 is 28.5 Å². The monoisotopic (exact) mass is 333 g/mol. The second kappa shape index (κ2) is 4.73. The highest BCUT2D eigenvalue weighted by atomic mass is 127. The van der Waals surface area contributed by atoms with Gasteiger partial charge in [-0.05, 0) is 48.8 Å². The fraction of sp³-hybridized carbons (Fsp3) is 0.636. The van der Waals surface area contributed by atoms with Crippen molar-refractivity contribution in [3.05, 3.63) is 15.5 Å². The summed E-state index contributed by atoms with van der Waals surface area (Å²) in [5, 5.41) is 4.24. The van der Waals surface area contributed by atoms with Gasteiger partial charge in [0.25, 0.3) is 5.91 Å². The lowest BCUT2D eigenvalue weighted by molar-refractivity contribution is 0.0627. The van der Waals surface area contributed by atoms with Crippen LogP contribution in [0.25, 0.3) is 0 Å². The molecule has 0 bridgehead atoms. The number of carbonyl (C=O) groups excluding carboxylic acids is 1. The molecule has 1 atom stereocenters. The quantitative estimate of drug-likeness (QED) is 0.738. The molecule has 0 aliphatic carbocycles. The molecule has 0 unspecified atom stereocenters. The third-order valence-corrected chi connectivity index (χ3v) is 3.84. The van der Waals surface area contributed by atoms with Crippen LogP contribution in [0.3, 0.4) is 0 Å². The SMILES string of the molecule is C[C@@H]1CCCCN1C(=O)c1nn(C)cc1I. The highest BCUT2D eigenvalue weighted by Crippen LogP contribution is 2.20. The summed E-state index contributed by atoms with van der Waals surface area (Å²) < 4.78 is 2.63. The number of rotatable bonds is 1. The van der Waals surface area contributed by atoms with Crippen LogP contribution in [0.2, 0.25) is 0 Å². The Morgan fingerprint density at radius 3 is 2.88 bits per heavy atom. The van der Waals surface area contributed by atoms with Crippen molar-refractivity contribution in [1.82, 2.24) is 14.7 Å². The zero-order chi connectivity index (χ0) is 11.7. The second-order valence-corrected chi connectivity index (χ2v) is 5.50. The summed E-state index contributed by atoms with van der Waals surface area (Å²) in [5.74, 6) is 0.0807. The highest BCUT2D eigenvalue weighted by molar-refractivity contribution is 14.1. The molecule has 2 rings (SSSR count). The van der Waals surface area contributed by atoms with Gasteiger partial charge < -0.3 is 4.90 Å². The van der Waals surface area contributed by atoms with Gasteiger partial charge in [-0.25, -0.2) is 0 Å². The van der Waals surface area contributed by atoms with E-state index in [4.69, 9.17) is 0 Å². The molecule has 88 valence electrons. The first kappa shape index (κ1) is 11.9. The Kier molecular flexibility index (Phi) is 3.51. The Hall–Kier alpha value is -0.590. The van der Waals surface area contributed by atoms with E-state index in [1.54, 1.807) is 4.68 Å². The lowest BCUT2D eigenvalue weighted by atomic mass is 10.0. The normalized spacial score (nSPS) is 21.2. The minimum Gasteiger partial charge on any atom is -0.335 e. The number of nitrogens with zero attached hydrogens (tertiary/aromatic N) is 3. The van der Waals surface area contributed by atoms with Gasteiger partial charge in [-0.2, -0.15) is 5.10 Å². The van der Waals surface area contributed by atoms with Crippen LogP contribution >= 0.6 is 22.6 Å². The molecule has 0 saturated carbocycles. The molecule has 0 spiro atoms. The Labute approximate surface area is 109 Å². The molecular formula is C11H16IN3O. The van der Waals surface area contributed by atoms with E-state index in [1.165, 1.54) is 6.42 Å². The maximum Gasteiger partial charge on any atom is 0.275 e. The lowest BCUT2D eigenvalue weighted by Gasteiger charge is -2.32. The second-order valence-electron chi connectivity index (χ2n) is 4.34. The van der Waals surface area contributed by atoms with Gasteiger partial charge in [-0.15, -0.1) is 0 Å². The van der Waals surface area contributed by atoms with Crippen LogP contribution in [0, 0.1) is 3.57 Å². The van der Waals surface area contributed by atoms with Gasteiger partial charge in [-0.1, -0.05) is 0 Å². The number of likely N-dealkylation sites (tertiary alicyclic amines) is 1. The van der Waals surface area contributed by atoms with Gasteiger partial charge in [-0.3, -0.25) is 9.48 Å².